The second-order valence-electron chi connectivity index (χ2n) is 7.45. The highest BCUT2D eigenvalue weighted by Crippen LogP contribution is 2.30. The molecule has 0 fully saturated rings. The second-order valence-corrected chi connectivity index (χ2v) is 7.45. The van der Waals surface area contributed by atoms with Crippen LogP contribution in [0.2, 0.25) is 0 Å². The van der Waals surface area contributed by atoms with Crippen molar-refractivity contribution in [1.29, 1.82) is 0 Å². The Kier molecular flexibility index (Phi) is 6.83. The summed E-state index contributed by atoms with van der Waals surface area (Å²) in [7, 11) is 0. The average Bonchev–Trinajstić information content (AvgIpc) is 2.85. The molecule has 0 spiro atoms. The minimum Gasteiger partial charge on any atom is -0.508 e. The van der Waals surface area contributed by atoms with Crippen LogP contribution in [0.15, 0.2) is 91.0 Å². The van der Waals surface area contributed by atoms with E-state index in [-0.39, 0.29) is 51.2 Å². The molecule has 0 amide bonds. The minimum absolute atomic E-state index is 0.0295. The van der Waals surface area contributed by atoms with E-state index < -0.39 is 17.9 Å². The first kappa shape index (κ1) is 23.8. The smallest absolute Gasteiger partial charge is 0.343 e. The summed E-state index contributed by atoms with van der Waals surface area (Å²) >= 11 is 0. The van der Waals surface area contributed by atoms with Gasteiger partial charge in [-0.2, -0.15) is 0 Å². The third-order valence-corrected chi connectivity index (χ3v) is 4.79. The number of esters is 3. The maximum atomic E-state index is 12.5. The largest absolute Gasteiger partial charge is 0.508 e. The lowest BCUT2D eigenvalue weighted by Gasteiger charge is -2.11. The molecule has 4 aromatic rings. The number of benzene rings is 4. The van der Waals surface area contributed by atoms with Gasteiger partial charge in [0, 0.05) is 18.2 Å². The van der Waals surface area contributed by atoms with Crippen LogP contribution in [0, 0.1) is 0 Å². The lowest BCUT2D eigenvalue weighted by molar-refractivity contribution is 0.0730. The van der Waals surface area contributed by atoms with Crippen LogP contribution >= 0.6 is 0 Å². The van der Waals surface area contributed by atoms with E-state index in [4.69, 9.17) is 14.2 Å². The van der Waals surface area contributed by atoms with Crippen LogP contribution in [0.25, 0.3) is 0 Å². The number of rotatable bonds is 6. The standard InChI is InChI=1S/C27H18O9/c28-19-7-1-16(2-8-19)25(31)34-22-13-23(35-26(32)17-3-9-20(29)10-4-17)15-24(14-22)36-27(33)18-5-11-21(30)12-6-18/h1-15,28-30H. The predicted molar refractivity (Wildman–Crippen MR) is 126 cm³/mol. The Labute approximate surface area is 204 Å². The van der Waals surface area contributed by atoms with Crippen molar-refractivity contribution in [3.63, 3.8) is 0 Å². The van der Waals surface area contributed by atoms with Crippen molar-refractivity contribution in [1.82, 2.24) is 0 Å². The van der Waals surface area contributed by atoms with E-state index in [1.807, 2.05) is 0 Å². The Balaban J connectivity index is 1.61. The summed E-state index contributed by atoms with van der Waals surface area (Å²) in [6.45, 7) is 0. The van der Waals surface area contributed by atoms with Crippen molar-refractivity contribution in [3.05, 3.63) is 108 Å². The summed E-state index contributed by atoms with van der Waals surface area (Å²) in [6, 6.07) is 19.8. The molecule has 4 rings (SSSR count). The Hall–Kier alpha value is -5.31. The van der Waals surface area contributed by atoms with Gasteiger partial charge in [0.2, 0.25) is 0 Å². The van der Waals surface area contributed by atoms with Crippen LogP contribution in [0.5, 0.6) is 34.5 Å². The quantitative estimate of drug-likeness (QED) is 0.266. The first-order chi connectivity index (χ1) is 17.3. The number of phenols is 3. The molecule has 9 heteroatoms. The van der Waals surface area contributed by atoms with Gasteiger partial charge in [-0.25, -0.2) is 14.4 Å². The molecule has 9 nitrogen and oxygen atoms in total. The van der Waals surface area contributed by atoms with Gasteiger partial charge in [0.15, 0.2) is 0 Å². The Morgan fingerprint density at radius 2 is 0.639 bits per heavy atom. The van der Waals surface area contributed by atoms with Crippen molar-refractivity contribution in [2.24, 2.45) is 0 Å². The van der Waals surface area contributed by atoms with E-state index >= 15 is 0 Å². The summed E-state index contributed by atoms with van der Waals surface area (Å²) < 4.78 is 16.1. The lowest BCUT2D eigenvalue weighted by atomic mass is 10.2. The van der Waals surface area contributed by atoms with E-state index in [1.54, 1.807) is 0 Å². The summed E-state index contributed by atoms with van der Waals surface area (Å²) in [5, 5.41) is 28.2. The number of phenolic OH excluding ortho intramolecular Hbond substituents is 3. The van der Waals surface area contributed by atoms with Crippen LogP contribution < -0.4 is 14.2 Å². The van der Waals surface area contributed by atoms with Gasteiger partial charge in [-0.1, -0.05) is 0 Å². The fraction of sp³-hybridized carbons (Fsp3) is 0. The van der Waals surface area contributed by atoms with Crippen LogP contribution in [0.1, 0.15) is 31.1 Å². The SMILES string of the molecule is O=C(Oc1cc(OC(=O)c2ccc(O)cc2)cc(OC(=O)c2ccc(O)cc2)c1)c1ccc(O)cc1. The molecular weight excluding hydrogens is 468 g/mol. The van der Waals surface area contributed by atoms with E-state index in [1.165, 1.54) is 91.0 Å². The van der Waals surface area contributed by atoms with Gasteiger partial charge in [0.05, 0.1) is 16.7 Å². The zero-order chi connectivity index (χ0) is 25.7. The number of hydrogen-bond acceptors (Lipinski definition) is 9. The maximum absolute atomic E-state index is 12.5. The molecule has 0 aromatic heterocycles. The number of carbonyl (C=O) groups is 3. The van der Waals surface area contributed by atoms with Crippen molar-refractivity contribution in [3.8, 4) is 34.5 Å². The predicted octanol–water partition coefficient (Wildman–Crippen LogP) is 4.46. The molecule has 0 saturated carbocycles. The topological polar surface area (TPSA) is 140 Å². The van der Waals surface area contributed by atoms with Crippen molar-refractivity contribution in [2.75, 3.05) is 0 Å². The molecule has 36 heavy (non-hydrogen) atoms. The molecule has 0 saturated heterocycles. The molecule has 0 atom stereocenters. The van der Waals surface area contributed by atoms with Crippen LogP contribution in [-0.2, 0) is 0 Å². The van der Waals surface area contributed by atoms with E-state index in [2.05, 4.69) is 0 Å². The molecule has 0 unspecified atom stereocenters. The Morgan fingerprint density at radius 1 is 0.417 bits per heavy atom. The molecule has 4 aromatic carbocycles. The number of hydrogen-bond donors (Lipinski definition) is 3. The number of carbonyl (C=O) groups excluding carboxylic acids is 3. The van der Waals surface area contributed by atoms with Crippen LogP contribution in [0.4, 0.5) is 0 Å². The Morgan fingerprint density at radius 3 is 0.861 bits per heavy atom. The normalized spacial score (nSPS) is 10.3. The number of ether oxygens (including phenoxy) is 3. The molecule has 0 heterocycles. The minimum atomic E-state index is -0.771. The first-order valence-electron chi connectivity index (χ1n) is 10.5. The van der Waals surface area contributed by atoms with Gasteiger partial charge < -0.3 is 29.5 Å². The van der Waals surface area contributed by atoms with E-state index in [0.29, 0.717) is 0 Å². The third-order valence-electron chi connectivity index (χ3n) is 4.79. The molecule has 0 aliphatic carbocycles. The van der Waals surface area contributed by atoms with Crippen LogP contribution in [0.3, 0.4) is 0 Å². The molecular formula is C27H18O9. The zero-order valence-corrected chi connectivity index (χ0v) is 18.5. The molecule has 0 radical (unpaired) electrons. The van der Waals surface area contributed by atoms with Gasteiger partial charge in [-0.15, -0.1) is 0 Å². The highest BCUT2D eigenvalue weighted by Gasteiger charge is 2.17. The highest BCUT2D eigenvalue weighted by atomic mass is 16.6. The molecule has 0 bridgehead atoms. The van der Waals surface area contributed by atoms with Gasteiger partial charge >= 0.3 is 17.9 Å². The lowest BCUT2D eigenvalue weighted by Crippen LogP contribution is -2.12. The van der Waals surface area contributed by atoms with Gasteiger partial charge in [0.25, 0.3) is 0 Å². The highest BCUT2D eigenvalue weighted by molar-refractivity contribution is 5.93. The maximum Gasteiger partial charge on any atom is 0.343 e. The number of aromatic hydroxyl groups is 3. The summed E-state index contributed by atoms with van der Waals surface area (Å²) in [5.74, 6) is -2.66. The summed E-state index contributed by atoms with van der Waals surface area (Å²) in [4.78, 5) is 37.6. The molecule has 180 valence electrons. The molecule has 0 aliphatic rings. The van der Waals surface area contributed by atoms with Gasteiger partial charge in [-0.3, -0.25) is 0 Å². The van der Waals surface area contributed by atoms with Crippen molar-refractivity contribution in [2.45, 2.75) is 0 Å². The third kappa shape index (κ3) is 5.97. The van der Waals surface area contributed by atoms with Crippen molar-refractivity contribution < 1.29 is 43.9 Å². The fourth-order valence-electron chi connectivity index (χ4n) is 3.01. The van der Waals surface area contributed by atoms with Crippen LogP contribution in [-0.4, -0.2) is 33.2 Å². The average molecular weight is 486 g/mol. The summed E-state index contributed by atoms with van der Waals surface area (Å²) in [6.07, 6.45) is 0. The van der Waals surface area contributed by atoms with Gasteiger partial charge in [-0.05, 0) is 72.8 Å². The second kappa shape index (κ2) is 10.3. The monoisotopic (exact) mass is 486 g/mol. The summed E-state index contributed by atoms with van der Waals surface area (Å²) in [5.41, 5.74) is 0.422. The molecule has 3 N–H and O–H groups in total. The van der Waals surface area contributed by atoms with E-state index in [9.17, 15) is 29.7 Å². The van der Waals surface area contributed by atoms with Gasteiger partial charge in [0.1, 0.15) is 34.5 Å². The van der Waals surface area contributed by atoms with E-state index in [0.717, 1.165) is 0 Å². The van der Waals surface area contributed by atoms with Crippen molar-refractivity contribution >= 4 is 17.9 Å². The fourth-order valence-corrected chi connectivity index (χ4v) is 3.01. The Bertz CT molecular complexity index is 1220. The first-order valence-corrected chi connectivity index (χ1v) is 10.5. The zero-order valence-electron chi connectivity index (χ0n) is 18.5. The molecule has 0 aliphatic heterocycles.